The van der Waals surface area contributed by atoms with E-state index in [0.29, 0.717) is 46.2 Å². The molecule has 9 heteroatoms. The zero-order valence-corrected chi connectivity index (χ0v) is 13.9. The van der Waals surface area contributed by atoms with Crippen LogP contribution in [0.1, 0.15) is 0 Å². The van der Waals surface area contributed by atoms with Gasteiger partial charge in [-0.05, 0) is 28.5 Å². The minimum absolute atomic E-state index is 0.355. The largest absolute Gasteiger partial charge is 0.379 e. The van der Waals surface area contributed by atoms with E-state index in [-0.39, 0.29) is 0 Å². The van der Waals surface area contributed by atoms with Crippen LogP contribution in [-0.2, 0) is 14.2 Å². The van der Waals surface area contributed by atoms with Crippen LogP contribution in [0.2, 0.25) is 0 Å². The van der Waals surface area contributed by atoms with Gasteiger partial charge in [0.1, 0.15) is 5.03 Å². The monoisotopic (exact) mass is 344 g/mol. The van der Waals surface area contributed by atoms with Crippen LogP contribution >= 0.6 is 21.6 Å². The van der Waals surface area contributed by atoms with Crippen molar-refractivity contribution in [3.63, 3.8) is 0 Å². The van der Waals surface area contributed by atoms with Crippen molar-refractivity contribution in [3.05, 3.63) is 34.8 Å². The fourth-order valence-corrected chi connectivity index (χ4v) is 3.02. The quantitative estimate of drug-likeness (QED) is 0.169. The van der Waals surface area contributed by atoms with Crippen LogP contribution in [0.5, 0.6) is 0 Å². The van der Waals surface area contributed by atoms with Gasteiger partial charge in [-0.3, -0.25) is 0 Å². The SMILES string of the molecule is [N-]=[N+]=NCCOCCOCCOCCSSc1ccccn1. The Kier molecular flexibility index (Phi) is 13.0. The van der Waals surface area contributed by atoms with E-state index in [1.807, 2.05) is 18.2 Å². The fraction of sp³-hybridized carbons (Fsp3) is 0.615. The van der Waals surface area contributed by atoms with Gasteiger partial charge < -0.3 is 14.2 Å². The number of nitrogens with zero attached hydrogens (tertiary/aromatic N) is 4. The van der Waals surface area contributed by atoms with Crippen LogP contribution in [0.4, 0.5) is 0 Å². The van der Waals surface area contributed by atoms with E-state index < -0.39 is 0 Å². The first-order valence-corrected chi connectivity index (χ1v) is 9.20. The summed E-state index contributed by atoms with van der Waals surface area (Å²) >= 11 is 0. The standard InChI is InChI=1S/C13H20N4O3S2/c14-17-16-5-6-18-7-8-19-9-10-20-11-12-21-22-13-3-1-2-4-15-13/h1-4H,5-12H2. The molecule has 1 aromatic heterocycles. The molecule has 0 unspecified atom stereocenters. The Hall–Kier alpha value is -0.960. The van der Waals surface area contributed by atoms with Crippen LogP contribution < -0.4 is 0 Å². The van der Waals surface area contributed by atoms with Crippen molar-refractivity contribution in [2.45, 2.75) is 5.03 Å². The molecule has 0 aliphatic rings. The lowest BCUT2D eigenvalue weighted by Gasteiger charge is -2.06. The second-order valence-electron chi connectivity index (χ2n) is 3.86. The zero-order valence-electron chi connectivity index (χ0n) is 12.3. The summed E-state index contributed by atoms with van der Waals surface area (Å²) in [6.07, 6.45) is 1.79. The highest BCUT2D eigenvalue weighted by molar-refractivity contribution is 8.76. The van der Waals surface area contributed by atoms with Gasteiger partial charge in [0.2, 0.25) is 0 Å². The van der Waals surface area contributed by atoms with E-state index in [4.69, 9.17) is 19.7 Å². The van der Waals surface area contributed by atoms with Crippen molar-refractivity contribution in [2.75, 3.05) is 51.9 Å². The molecule has 0 aliphatic carbocycles. The minimum atomic E-state index is 0.355. The van der Waals surface area contributed by atoms with E-state index in [2.05, 4.69) is 15.0 Å². The van der Waals surface area contributed by atoms with Crippen molar-refractivity contribution in [3.8, 4) is 0 Å². The van der Waals surface area contributed by atoms with Gasteiger partial charge >= 0.3 is 0 Å². The number of azide groups is 1. The predicted octanol–water partition coefficient (Wildman–Crippen LogP) is 3.18. The summed E-state index contributed by atoms with van der Waals surface area (Å²) in [5, 5.41) is 4.37. The molecule has 0 atom stereocenters. The number of aromatic nitrogens is 1. The molecule has 0 saturated heterocycles. The summed E-state index contributed by atoms with van der Waals surface area (Å²) < 4.78 is 16.0. The molecule has 0 radical (unpaired) electrons. The van der Waals surface area contributed by atoms with Crippen molar-refractivity contribution in [2.24, 2.45) is 5.11 Å². The smallest absolute Gasteiger partial charge is 0.106 e. The van der Waals surface area contributed by atoms with Gasteiger partial charge in [0, 0.05) is 23.4 Å². The minimum Gasteiger partial charge on any atom is -0.379 e. The molecule has 22 heavy (non-hydrogen) atoms. The van der Waals surface area contributed by atoms with E-state index in [0.717, 1.165) is 10.8 Å². The van der Waals surface area contributed by atoms with Crippen molar-refractivity contribution < 1.29 is 14.2 Å². The van der Waals surface area contributed by atoms with Crippen LogP contribution in [0, 0.1) is 0 Å². The van der Waals surface area contributed by atoms with Gasteiger partial charge in [-0.15, -0.1) is 0 Å². The highest BCUT2D eigenvalue weighted by atomic mass is 33.1. The predicted molar refractivity (Wildman–Crippen MR) is 89.0 cm³/mol. The normalized spacial score (nSPS) is 10.4. The lowest BCUT2D eigenvalue weighted by atomic mass is 10.5. The maximum atomic E-state index is 8.06. The molecule has 1 heterocycles. The number of hydrogen-bond donors (Lipinski definition) is 0. The first-order chi connectivity index (χ1) is 10.9. The van der Waals surface area contributed by atoms with E-state index in [9.17, 15) is 0 Å². The third-order valence-corrected chi connectivity index (χ3v) is 4.47. The second kappa shape index (κ2) is 15.0. The van der Waals surface area contributed by atoms with E-state index in [1.165, 1.54) is 0 Å². The average Bonchev–Trinajstić information content (AvgIpc) is 2.56. The van der Waals surface area contributed by atoms with Gasteiger partial charge in [0.15, 0.2) is 0 Å². The Labute approximate surface area is 138 Å². The molecule has 0 saturated carbocycles. The first kappa shape index (κ1) is 19.1. The summed E-state index contributed by atoms with van der Waals surface area (Å²) in [6, 6.07) is 5.87. The summed E-state index contributed by atoms with van der Waals surface area (Å²) in [6.45, 7) is 3.62. The van der Waals surface area contributed by atoms with Crippen LogP contribution in [0.3, 0.4) is 0 Å². The molecule has 1 aromatic rings. The molecular weight excluding hydrogens is 324 g/mol. The number of ether oxygens (including phenoxy) is 3. The highest BCUT2D eigenvalue weighted by Gasteiger charge is 1.95. The zero-order chi connectivity index (χ0) is 15.7. The fourth-order valence-electron chi connectivity index (χ4n) is 1.28. The van der Waals surface area contributed by atoms with Crippen molar-refractivity contribution in [1.82, 2.24) is 4.98 Å². The molecule has 0 N–H and O–H groups in total. The number of hydrogen-bond acceptors (Lipinski definition) is 7. The molecule has 0 aromatic carbocycles. The first-order valence-electron chi connectivity index (χ1n) is 6.88. The van der Waals surface area contributed by atoms with Crippen molar-refractivity contribution in [1.29, 1.82) is 0 Å². The van der Waals surface area contributed by atoms with E-state index in [1.54, 1.807) is 27.8 Å². The molecular formula is C13H20N4O3S2. The Bertz CT molecular complexity index is 419. The topological polar surface area (TPSA) is 89.3 Å². The summed E-state index contributed by atoms with van der Waals surface area (Å²) in [7, 11) is 3.37. The van der Waals surface area contributed by atoms with Gasteiger partial charge in [-0.1, -0.05) is 22.0 Å². The Morgan fingerprint density at radius 3 is 2.45 bits per heavy atom. The lowest BCUT2D eigenvalue weighted by molar-refractivity contribution is 0.0190. The van der Waals surface area contributed by atoms with Gasteiger partial charge in [-0.2, -0.15) is 0 Å². The number of rotatable bonds is 14. The lowest BCUT2D eigenvalue weighted by Crippen LogP contribution is -2.11. The Morgan fingerprint density at radius 2 is 1.77 bits per heavy atom. The van der Waals surface area contributed by atoms with Gasteiger partial charge in [-0.25, -0.2) is 4.98 Å². The summed E-state index contributed by atoms with van der Waals surface area (Å²) in [5.41, 5.74) is 8.06. The van der Waals surface area contributed by atoms with Crippen LogP contribution in [0.15, 0.2) is 34.5 Å². The summed E-state index contributed by atoms with van der Waals surface area (Å²) in [4.78, 5) is 6.86. The molecule has 0 aliphatic heterocycles. The van der Waals surface area contributed by atoms with Crippen molar-refractivity contribution >= 4 is 21.6 Å². The average molecular weight is 344 g/mol. The highest BCUT2D eigenvalue weighted by Crippen LogP contribution is 2.28. The Morgan fingerprint density at radius 1 is 1.05 bits per heavy atom. The van der Waals surface area contributed by atoms with Gasteiger partial charge in [0.05, 0.1) is 39.6 Å². The molecule has 122 valence electrons. The summed E-state index contributed by atoms with van der Waals surface area (Å²) in [5.74, 6) is 0.907. The molecule has 0 spiro atoms. The second-order valence-corrected chi connectivity index (χ2v) is 6.30. The van der Waals surface area contributed by atoms with Crippen LogP contribution in [-0.4, -0.2) is 56.9 Å². The maximum Gasteiger partial charge on any atom is 0.106 e. The Balaban J connectivity index is 1.76. The molecule has 0 amide bonds. The van der Waals surface area contributed by atoms with Crippen LogP contribution in [0.25, 0.3) is 10.4 Å². The maximum absolute atomic E-state index is 8.06. The third kappa shape index (κ3) is 11.7. The molecule has 7 nitrogen and oxygen atoms in total. The van der Waals surface area contributed by atoms with Gasteiger partial charge in [0.25, 0.3) is 0 Å². The molecule has 1 rings (SSSR count). The third-order valence-electron chi connectivity index (χ3n) is 2.24. The number of pyridine rings is 1. The molecule has 0 fully saturated rings. The van der Waals surface area contributed by atoms with E-state index >= 15 is 0 Å². The molecule has 0 bridgehead atoms.